The molecule has 1 saturated heterocycles. The summed E-state index contributed by atoms with van der Waals surface area (Å²) in [6, 6.07) is 7.57. The number of hydrogen-bond acceptors (Lipinski definition) is 6. The Balaban J connectivity index is 1.73. The Morgan fingerprint density at radius 1 is 1.29 bits per heavy atom. The number of nitrogens with zero attached hydrogens (tertiary/aromatic N) is 2. The SMILES string of the molecule is Cc1cc(COC(=O)c2cccc(S(=O)(=O)N3CCCC3)c2)on1. The number of ether oxygens (including phenoxy) is 1. The van der Waals surface area contributed by atoms with Crippen LogP contribution in [-0.4, -0.2) is 36.9 Å². The molecule has 1 aliphatic heterocycles. The maximum Gasteiger partial charge on any atom is 0.338 e. The molecule has 0 aliphatic carbocycles. The van der Waals surface area contributed by atoms with E-state index in [1.165, 1.54) is 28.6 Å². The van der Waals surface area contributed by atoms with Crippen molar-refractivity contribution in [2.75, 3.05) is 13.1 Å². The first-order valence-corrected chi connectivity index (χ1v) is 9.10. The van der Waals surface area contributed by atoms with Crippen molar-refractivity contribution < 1.29 is 22.5 Å². The van der Waals surface area contributed by atoms with Gasteiger partial charge >= 0.3 is 5.97 Å². The van der Waals surface area contributed by atoms with Gasteiger partial charge in [0.25, 0.3) is 0 Å². The van der Waals surface area contributed by atoms with Gasteiger partial charge in [-0.1, -0.05) is 11.2 Å². The van der Waals surface area contributed by atoms with Crippen molar-refractivity contribution in [1.29, 1.82) is 0 Å². The third-order valence-electron chi connectivity index (χ3n) is 3.79. The third-order valence-corrected chi connectivity index (χ3v) is 5.69. The average molecular weight is 350 g/mol. The van der Waals surface area contributed by atoms with Crippen LogP contribution in [0, 0.1) is 6.92 Å². The predicted molar refractivity (Wildman–Crippen MR) is 84.8 cm³/mol. The molecule has 1 aromatic heterocycles. The summed E-state index contributed by atoms with van der Waals surface area (Å²) in [6.07, 6.45) is 1.72. The Hall–Kier alpha value is -2.19. The van der Waals surface area contributed by atoms with Crippen molar-refractivity contribution in [1.82, 2.24) is 9.46 Å². The number of sulfonamides is 1. The zero-order valence-electron chi connectivity index (χ0n) is 13.3. The van der Waals surface area contributed by atoms with Gasteiger partial charge in [-0.15, -0.1) is 0 Å². The van der Waals surface area contributed by atoms with E-state index in [9.17, 15) is 13.2 Å². The average Bonchev–Trinajstić information content (AvgIpc) is 3.24. The topological polar surface area (TPSA) is 89.7 Å². The number of esters is 1. The van der Waals surface area contributed by atoms with Crippen molar-refractivity contribution in [2.45, 2.75) is 31.3 Å². The van der Waals surface area contributed by atoms with Gasteiger partial charge in [0.15, 0.2) is 12.4 Å². The molecule has 1 aromatic carbocycles. The summed E-state index contributed by atoms with van der Waals surface area (Å²) >= 11 is 0. The fourth-order valence-electron chi connectivity index (χ4n) is 2.57. The van der Waals surface area contributed by atoms with Gasteiger partial charge in [0.05, 0.1) is 16.2 Å². The summed E-state index contributed by atoms with van der Waals surface area (Å²) in [5.41, 5.74) is 0.881. The summed E-state index contributed by atoms with van der Waals surface area (Å²) in [6.45, 7) is 2.74. The second kappa shape index (κ2) is 6.74. The van der Waals surface area contributed by atoms with Crippen LogP contribution in [0.5, 0.6) is 0 Å². The first-order valence-electron chi connectivity index (χ1n) is 7.66. The van der Waals surface area contributed by atoms with Crippen molar-refractivity contribution in [3.63, 3.8) is 0 Å². The lowest BCUT2D eigenvalue weighted by molar-refractivity contribution is 0.0437. The highest BCUT2D eigenvalue weighted by atomic mass is 32.2. The van der Waals surface area contributed by atoms with Crippen molar-refractivity contribution in [2.24, 2.45) is 0 Å². The monoisotopic (exact) mass is 350 g/mol. The van der Waals surface area contributed by atoms with Crippen LogP contribution in [0.15, 0.2) is 39.8 Å². The first kappa shape index (κ1) is 16.7. The maximum absolute atomic E-state index is 12.5. The lowest BCUT2D eigenvalue weighted by Gasteiger charge is -2.15. The van der Waals surface area contributed by atoms with Crippen LogP contribution in [0.1, 0.15) is 34.7 Å². The first-order chi connectivity index (χ1) is 11.5. The van der Waals surface area contributed by atoms with Crippen LogP contribution in [0.3, 0.4) is 0 Å². The van der Waals surface area contributed by atoms with Crippen molar-refractivity contribution >= 4 is 16.0 Å². The van der Waals surface area contributed by atoms with Crippen LogP contribution in [0.4, 0.5) is 0 Å². The van der Waals surface area contributed by atoms with Gasteiger partial charge in [0.2, 0.25) is 10.0 Å². The summed E-state index contributed by atoms with van der Waals surface area (Å²) < 4.78 is 36.6. The molecule has 0 bridgehead atoms. The highest BCUT2D eigenvalue weighted by Gasteiger charge is 2.27. The second-order valence-corrected chi connectivity index (χ2v) is 7.59. The normalized spacial score (nSPS) is 15.5. The van der Waals surface area contributed by atoms with Crippen LogP contribution in [-0.2, 0) is 21.4 Å². The van der Waals surface area contributed by atoms with Gasteiger partial charge in [0, 0.05) is 19.2 Å². The molecule has 0 atom stereocenters. The highest BCUT2D eigenvalue weighted by Crippen LogP contribution is 2.22. The molecule has 24 heavy (non-hydrogen) atoms. The Morgan fingerprint density at radius 3 is 2.71 bits per heavy atom. The summed E-state index contributed by atoms with van der Waals surface area (Å²) in [5.74, 6) is -0.177. The third kappa shape index (κ3) is 3.49. The van der Waals surface area contributed by atoms with Crippen LogP contribution < -0.4 is 0 Å². The fourth-order valence-corrected chi connectivity index (χ4v) is 4.13. The zero-order chi connectivity index (χ0) is 17.2. The molecule has 3 rings (SSSR count). The molecule has 0 spiro atoms. The molecule has 2 aromatic rings. The van der Waals surface area contributed by atoms with E-state index < -0.39 is 16.0 Å². The number of carbonyl (C=O) groups is 1. The molecule has 128 valence electrons. The van der Waals surface area contributed by atoms with Crippen molar-refractivity contribution in [3.05, 3.63) is 47.3 Å². The molecule has 2 heterocycles. The Bertz CT molecular complexity index is 838. The van der Waals surface area contributed by atoms with E-state index >= 15 is 0 Å². The molecule has 1 aliphatic rings. The molecule has 7 nitrogen and oxygen atoms in total. The molecule has 0 N–H and O–H groups in total. The van der Waals surface area contributed by atoms with Gasteiger partial charge in [-0.05, 0) is 38.0 Å². The minimum Gasteiger partial charge on any atom is -0.454 e. The molecule has 0 radical (unpaired) electrons. The van der Waals surface area contributed by atoms with Gasteiger partial charge in [0.1, 0.15) is 0 Å². The Labute approximate surface area is 140 Å². The van der Waals surface area contributed by atoms with Gasteiger partial charge in [-0.2, -0.15) is 4.31 Å². The minimum absolute atomic E-state index is 0.0528. The largest absolute Gasteiger partial charge is 0.454 e. The number of carbonyl (C=O) groups excluding carboxylic acids is 1. The molecule has 1 fully saturated rings. The second-order valence-electron chi connectivity index (χ2n) is 5.65. The van der Waals surface area contributed by atoms with Crippen molar-refractivity contribution in [3.8, 4) is 0 Å². The lowest BCUT2D eigenvalue weighted by Crippen LogP contribution is -2.28. The molecule has 8 heteroatoms. The van der Waals surface area contributed by atoms with E-state index in [1.54, 1.807) is 13.0 Å². The maximum atomic E-state index is 12.5. The van der Waals surface area contributed by atoms with E-state index in [4.69, 9.17) is 9.26 Å². The zero-order valence-corrected chi connectivity index (χ0v) is 14.1. The Kier molecular flexibility index (Phi) is 4.68. The number of aryl methyl sites for hydroxylation is 1. The van der Waals surface area contributed by atoms with Gasteiger partial charge < -0.3 is 9.26 Å². The Morgan fingerprint density at radius 2 is 2.04 bits per heavy atom. The summed E-state index contributed by atoms with van der Waals surface area (Å²) in [4.78, 5) is 12.2. The quantitative estimate of drug-likeness (QED) is 0.767. The van der Waals surface area contributed by atoms with E-state index in [-0.39, 0.29) is 17.1 Å². The summed E-state index contributed by atoms with van der Waals surface area (Å²) in [7, 11) is -3.56. The fraction of sp³-hybridized carbons (Fsp3) is 0.375. The van der Waals surface area contributed by atoms with Crippen LogP contribution >= 0.6 is 0 Å². The van der Waals surface area contributed by atoms with Crippen LogP contribution in [0.25, 0.3) is 0 Å². The number of aromatic nitrogens is 1. The smallest absolute Gasteiger partial charge is 0.338 e. The van der Waals surface area contributed by atoms with E-state index in [0.29, 0.717) is 24.5 Å². The van der Waals surface area contributed by atoms with Crippen LogP contribution in [0.2, 0.25) is 0 Å². The van der Waals surface area contributed by atoms with E-state index in [1.807, 2.05) is 0 Å². The van der Waals surface area contributed by atoms with Gasteiger partial charge in [-0.25, -0.2) is 13.2 Å². The highest BCUT2D eigenvalue weighted by molar-refractivity contribution is 7.89. The predicted octanol–water partition coefficient (Wildman–Crippen LogP) is 2.12. The molecule has 0 unspecified atom stereocenters. The number of benzene rings is 1. The summed E-state index contributed by atoms with van der Waals surface area (Å²) in [5, 5.41) is 3.71. The minimum atomic E-state index is -3.56. The standard InChI is InChI=1S/C16H18N2O5S/c1-12-9-14(23-17-12)11-22-16(19)13-5-4-6-15(10-13)24(20,21)18-7-2-3-8-18/h4-6,9-10H,2-3,7-8,11H2,1H3. The molecular formula is C16H18N2O5S. The van der Waals surface area contributed by atoms with E-state index in [0.717, 1.165) is 12.8 Å². The molecule has 0 amide bonds. The molecule has 0 saturated carbocycles. The number of rotatable bonds is 5. The van der Waals surface area contributed by atoms with E-state index in [2.05, 4.69) is 5.16 Å². The number of hydrogen-bond donors (Lipinski definition) is 0. The molecular weight excluding hydrogens is 332 g/mol. The van der Waals surface area contributed by atoms with Gasteiger partial charge in [-0.3, -0.25) is 0 Å². The lowest BCUT2D eigenvalue weighted by atomic mass is 10.2.